The first-order valence-corrected chi connectivity index (χ1v) is 5.43. The molecule has 104 valence electrons. The van der Waals surface area contributed by atoms with Crippen LogP contribution in [-0.2, 0) is 20.8 Å². The van der Waals surface area contributed by atoms with Crippen molar-refractivity contribution in [3.8, 4) is 0 Å². The van der Waals surface area contributed by atoms with Crippen LogP contribution in [0.1, 0.15) is 5.56 Å². The number of nitrogens with one attached hydrogen (secondary N) is 1. The highest BCUT2D eigenvalue weighted by Crippen LogP contribution is 2.12. The molecule has 8 heteroatoms. The van der Waals surface area contributed by atoms with Gasteiger partial charge in [0, 0.05) is 24.3 Å². The molecule has 0 spiro atoms. The van der Waals surface area contributed by atoms with Crippen LogP contribution >= 0.6 is 0 Å². The number of hydrogen-bond acceptors (Lipinski definition) is 5. The van der Waals surface area contributed by atoms with E-state index in [9.17, 15) is 24.5 Å². The van der Waals surface area contributed by atoms with Crippen molar-refractivity contribution in [2.24, 2.45) is 5.73 Å². The minimum Gasteiger partial charge on any atom is -0.366 e. The first-order valence-electron chi connectivity index (χ1n) is 5.43. The van der Waals surface area contributed by atoms with Crippen molar-refractivity contribution in [2.45, 2.75) is 6.42 Å². The van der Waals surface area contributed by atoms with E-state index >= 15 is 0 Å². The minimum atomic E-state index is -0.803. The molecule has 8 nitrogen and oxygen atoms in total. The second-order valence-electron chi connectivity index (χ2n) is 3.75. The first kappa shape index (κ1) is 15.0. The van der Waals surface area contributed by atoms with Gasteiger partial charge in [0.15, 0.2) is 0 Å². The zero-order valence-electron chi connectivity index (χ0n) is 10.2. The van der Waals surface area contributed by atoms with Crippen LogP contribution in [0.15, 0.2) is 36.4 Å². The zero-order chi connectivity index (χ0) is 15.1. The Morgan fingerprint density at radius 2 is 1.80 bits per heavy atom. The summed E-state index contributed by atoms with van der Waals surface area (Å²) in [5.41, 5.74) is 5.21. The molecule has 0 aliphatic carbocycles. The fourth-order valence-corrected chi connectivity index (χ4v) is 1.30. The van der Waals surface area contributed by atoms with Gasteiger partial charge in [-0.2, -0.15) is 0 Å². The Morgan fingerprint density at radius 1 is 1.20 bits per heavy atom. The van der Waals surface area contributed by atoms with Crippen molar-refractivity contribution >= 4 is 23.4 Å². The molecule has 0 aromatic heterocycles. The molecule has 0 unspecified atom stereocenters. The molecule has 1 aromatic rings. The number of nitrogens with zero attached hydrogens (tertiary/aromatic N) is 1. The van der Waals surface area contributed by atoms with Gasteiger partial charge in [-0.15, -0.1) is 0 Å². The number of primary amides is 1. The number of nitro benzene ring substituents is 1. The molecule has 0 fully saturated rings. The largest absolute Gasteiger partial charge is 0.366 e. The third-order valence-corrected chi connectivity index (χ3v) is 2.17. The van der Waals surface area contributed by atoms with Crippen molar-refractivity contribution < 1.29 is 19.3 Å². The van der Waals surface area contributed by atoms with Gasteiger partial charge in [-0.25, -0.2) is 0 Å². The van der Waals surface area contributed by atoms with Crippen LogP contribution in [0.2, 0.25) is 0 Å². The molecule has 0 aliphatic rings. The van der Waals surface area contributed by atoms with Gasteiger partial charge >= 0.3 is 0 Å². The Morgan fingerprint density at radius 3 is 2.30 bits per heavy atom. The van der Waals surface area contributed by atoms with Crippen LogP contribution in [0.3, 0.4) is 0 Å². The monoisotopic (exact) mass is 277 g/mol. The van der Waals surface area contributed by atoms with Gasteiger partial charge in [0.25, 0.3) is 11.6 Å². The van der Waals surface area contributed by atoms with Crippen LogP contribution in [0.5, 0.6) is 0 Å². The molecule has 0 aliphatic heterocycles. The number of non-ortho nitro benzene ring substituents is 1. The summed E-state index contributed by atoms with van der Waals surface area (Å²) in [7, 11) is 0. The maximum Gasteiger partial charge on any atom is 0.269 e. The molecule has 3 amide bonds. The maximum absolute atomic E-state index is 11.5. The van der Waals surface area contributed by atoms with Crippen molar-refractivity contribution in [3.05, 3.63) is 52.1 Å². The number of carbonyl (C=O) groups is 3. The number of carbonyl (C=O) groups excluding carboxylic acids is 3. The van der Waals surface area contributed by atoms with Crippen LogP contribution < -0.4 is 11.1 Å². The van der Waals surface area contributed by atoms with Crippen LogP contribution in [0.4, 0.5) is 5.69 Å². The second kappa shape index (κ2) is 6.78. The minimum absolute atomic E-state index is 0.0883. The van der Waals surface area contributed by atoms with Crippen molar-refractivity contribution in [2.75, 3.05) is 0 Å². The Labute approximate surface area is 113 Å². The molecule has 1 aromatic carbocycles. The summed E-state index contributed by atoms with van der Waals surface area (Å²) >= 11 is 0. The van der Waals surface area contributed by atoms with E-state index in [-0.39, 0.29) is 12.1 Å². The number of hydrogen-bond donors (Lipinski definition) is 2. The third kappa shape index (κ3) is 5.08. The molecule has 0 radical (unpaired) electrons. The Bertz CT molecular complexity index is 577. The van der Waals surface area contributed by atoms with E-state index in [4.69, 9.17) is 5.73 Å². The van der Waals surface area contributed by atoms with E-state index in [1.807, 2.05) is 5.32 Å². The number of imide groups is 1. The lowest BCUT2D eigenvalue weighted by molar-refractivity contribution is -0.384. The molecular weight excluding hydrogens is 266 g/mol. The predicted molar refractivity (Wildman–Crippen MR) is 68.3 cm³/mol. The summed E-state index contributed by atoms with van der Waals surface area (Å²) in [4.78, 5) is 42.9. The molecule has 0 bridgehead atoms. The topological polar surface area (TPSA) is 132 Å². The van der Waals surface area contributed by atoms with Crippen LogP contribution in [-0.4, -0.2) is 22.6 Å². The molecule has 0 atom stereocenters. The Balaban J connectivity index is 2.56. The standard InChI is InChI=1S/C12H11N3O5/c13-10(16)5-6-11(17)14-12(18)7-8-1-3-9(4-2-8)15(19)20/h1-6H,7H2,(H2,13,16)(H,14,17,18)/b6-5+. The number of benzene rings is 1. The smallest absolute Gasteiger partial charge is 0.269 e. The fourth-order valence-electron chi connectivity index (χ4n) is 1.30. The van der Waals surface area contributed by atoms with E-state index in [1.165, 1.54) is 24.3 Å². The molecule has 0 saturated heterocycles. The van der Waals surface area contributed by atoms with E-state index in [1.54, 1.807) is 0 Å². The lowest BCUT2D eigenvalue weighted by atomic mass is 10.1. The fraction of sp³-hybridized carbons (Fsp3) is 0.0833. The third-order valence-electron chi connectivity index (χ3n) is 2.17. The predicted octanol–water partition coefficient (Wildman–Crippen LogP) is -0.178. The summed E-state index contributed by atoms with van der Waals surface area (Å²) < 4.78 is 0. The highest BCUT2D eigenvalue weighted by atomic mass is 16.6. The SMILES string of the molecule is NC(=O)/C=C/C(=O)NC(=O)Cc1ccc([N+](=O)[O-])cc1. The van der Waals surface area contributed by atoms with Gasteiger partial charge < -0.3 is 5.73 Å². The molecular formula is C12H11N3O5. The Kier molecular flexibility index (Phi) is 5.10. The molecule has 20 heavy (non-hydrogen) atoms. The van der Waals surface area contributed by atoms with Gasteiger partial charge in [0.2, 0.25) is 11.8 Å². The summed E-state index contributed by atoms with van der Waals surface area (Å²) in [5.74, 6) is -2.17. The second-order valence-corrected chi connectivity index (χ2v) is 3.75. The van der Waals surface area contributed by atoms with E-state index in [0.29, 0.717) is 5.56 Å². The lowest BCUT2D eigenvalue weighted by Gasteiger charge is -2.01. The molecule has 0 saturated carbocycles. The van der Waals surface area contributed by atoms with Gasteiger partial charge in [-0.05, 0) is 5.56 Å². The summed E-state index contributed by atoms with van der Waals surface area (Å²) in [5, 5.41) is 12.5. The van der Waals surface area contributed by atoms with E-state index in [2.05, 4.69) is 0 Å². The average Bonchev–Trinajstić information content (AvgIpc) is 2.36. The lowest BCUT2D eigenvalue weighted by Crippen LogP contribution is -2.30. The zero-order valence-corrected chi connectivity index (χ0v) is 10.2. The summed E-state index contributed by atoms with van der Waals surface area (Å²) in [6.07, 6.45) is 1.55. The highest BCUT2D eigenvalue weighted by molar-refractivity contribution is 6.04. The molecule has 0 heterocycles. The number of nitro groups is 1. The van der Waals surface area contributed by atoms with Gasteiger partial charge in [-0.3, -0.25) is 29.8 Å². The summed E-state index contributed by atoms with van der Waals surface area (Å²) in [6.45, 7) is 0. The van der Waals surface area contributed by atoms with Crippen LogP contribution in [0, 0.1) is 10.1 Å². The van der Waals surface area contributed by atoms with Crippen molar-refractivity contribution in [1.82, 2.24) is 5.32 Å². The van der Waals surface area contributed by atoms with Gasteiger partial charge in [-0.1, -0.05) is 12.1 Å². The molecule has 1 rings (SSSR count). The highest BCUT2D eigenvalue weighted by Gasteiger charge is 2.09. The summed E-state index contributed by atoms with van der Waals surface area (Å²) in [6, 6.07) is 5.36. The van der Waals surface area contributed by atoms with Crippen molar-refractivity contribution in [3.63, 3.8) is 0 Å². The van der Waals surface area contributed by atoms with Crippen LogP contribution in [0.25, 0.3) is 0 Å². The Hall–Kier alpha value is -3.03. The quantitative estimate of drug-likeness (QED) is 0.437. The number of nitrogens with two attached hydrogens (primary N) is 1. The maximum atomic E-state index is 11.5. The number of amides is 3. The molecule has 3 N–H and O–H groups in total. The van der Waals surface area contributed by atoms with E-state index in [0.717, 1.165) is 12.2 Å². The average molecular weight is 277 g/mol. The number of rotatable bonds is 5. The van der Waals surface area contributed by atoms with E-state index < -0.39 is 22.6 Å². The first-order chi connectivity index (χ1) is 9.38. The van der Waals surface area contributed by atoms with Gasteiger partial charge in [0.05, 0.1) is 11.3 Å². The van der Waals surface area contributed by atoms with Gasteiger partial charge in [0.1, 0.15) is 0 Å². The van der Waals surface area contributed by atoms with Crippen molar-refractivity contribution in [1.29, 1.82) is 0 Å². The normalized spacial score (nSPS) is 10.2.